The Balaban J connectivity index is 1.67. The molecule has 2 aromatic heterocycles. The van der Waals surface area contributed by atoms with Gasteiger partial charge in [0.15, 0.2) is 5.69 Å². The molecule has 1 aliphatic rings. The fourth-order valence-electron chi connectivity index (χ4n) is 3.08. The minimum atomic E-state index is -0.259. The van der Waals surface area contributed by atoms with Crippen molar-refractivity contribution in [3.8, 4) is 0 Å². The van der Waals surface area contributed by atoms with Crippen LogP contribution in [0.3, 0.4) is 0 Å². The standard InChI is InChI=1S/C17H27N7O/c1-17(2,3)10-12-9-15(23(4)21-12)19-16(25)14-11-24(22-20-14)13-5-7-18-8-6-13/h9,11,13,18H,5-8,10H2,1-4H3,(H,19,25). The van der Waals surface area contributed by atoms with E-state index in [1.165, 1.54) is 0 Å². The molecule has 0 radical (unpaired) electrons. The summed E-state index contributed by atoms with van der Waals surface area (Å²) < 4.78 is 3.50. The molecule has 2 aromatic rings. The van der Waals surface area contributed by atoms with Crippen LogP contribution in [0, 0.1) is 5.41 Å². The maximum atomic E-state index is 12.5. The lowest BCUT2D eigenvalue weighted by Gasteiger charge is -2.22. The zero-order valence-corrected chi connectivity index (χ0v) is 15.4. The third-order valence-electron chi connectivity index (χ3n) is 4.31. The largest absolute Gasteiger partial charge is 0.317 e. The Kier molecular flexibility index (Phi) is 4.89. The van der Waals surface area contributed by atoms with Crippen LogP contribution in [0.2, 0.25) is 0 Å². The fourth-order valence-corrected chi connectivity index (χ4v) is 3.08. The summed E-state index contributed by atoms with van der Waals surface area (Å²) in [6.45, 7) is 8.44. The average Bonchev–Trinajstić information content (AvgIpc) is 3.14. The molecule has 25 heavy (non-hydrogen) atoms. The van der Waals surface area contributed by atoms with Crippen molar-refractivity contribution in [1.82, 2.24) is 30.1 Å². The van der Waals surface area contributed by atoms with Gasteiger partial charge in [-0.2, -0.15) is 5.10 Å². The number of nitrogens with zero attached hydrogens (tertiary/aromatic N) is 5. The van der Waals surface area contributed by atoms with Gasteiger partial charge in [0.2, 0.25) is 0 Å². The average molecular weight is 345 g/mol. The van der Waals surface area contributed by atoms with Crippen molar-refractivity contribution in [3.05, 3.63) is 23.7 Å². The molecule has 0 spiro atoms. The summed E-state index contributed by atoms with van der Waals surface area (Å²) >= 11 is 0. The van der Waals surface area contributed by atoms with Gasteiger partial charge in [0.1, 0.15) is 5.82 Å². The number of anilines is 1. The van der Waals surface area contributed by atoms with Gasteiger partial charge in [-0.1, -0.05) is 26.0 Å². The van der Waals surface area contributed by atoms with Crippen LogP contribution in [0.5, 0.6) is 0 Å². The summed E-state index contributed by atoms with van der Waals surface area (Å²) in [4.78, 5) is 12.5. The first-order valence-corrected chi connectivity index (χ1v) is 8.79. The molecule has 0 aliphatic carbocycles. The van der Waals surface area contributed by atoms with E-state index >= 15 is 0 Å². The summed E-state index contributed by atoms with van der Waals surface area (Å²) in [5.41, 5.74) is 1.44. The number of nitrogens with one attached hydrogen (secondary N) is 2. The number of carbonyl (C=O) groups is 1. The molecule has 0 unspecified atom stereocenters. The van der Waals surface area contributed by atoms with Crippen LogP contribution in [0.25, 0.3) is 0 Å². The van der Waals surface area contributed by atoms with E-state index in [9.17, 15) is 4.79 Å². The number of rotatable bonds is 4. The zero-order chi connectivity index (χ0) is 18.0. The van der Waals surface area contributed by atoms with Crippen LogP contribution < -0.4 is 10.6 Å². The molecule has 1 amide bonds. The van der Waals surface area contributed by atoms with Gasteiger partial charge in [-0.3, -0.25) is 9.48 Å². The third kappa shape index (κ3) is 4.45. The Morgan fingerprint density at radius 1 is 1.36 bits per heavy atom. The second-order valence-corrected chi connectivity index (χ2v) is 7.90. The molecular formula is C17H27N7O. The minimum absolute atomic E-state index is 0.146. The molecule has 2 N–H and O–H groups in total. The number of piperidine rings is 1. The molecule has 1 aliphatic heterocycles. The number of aromatic nitrogens is 5. The molecule has 0 bridgehead atoms. The third-order valence-corrected chi connectivity index (χ3v) is 4.31. The molecule has 3 rings (SSSR count). The summed E-state index contributed by atoms with van der Waals surface area (Å²) in [6, 6.07) is 2.23. The first kappa shape index (κ1) is 17.6. The highest BCUT2D eigenvalue weighted by Gasteiger charge is 2.20. The Labute approximate surface area is 148 Å². The van der Waals surface area contributed by atoms with E-state index in [-0.39, 0.29) is 11.3 Å². The summed E-state index contributed by atoms with van der Waals surface area (Å²) in [6.07, 6.45) is 4.59. The molecule has 8 heteroatoms. The van der Waals surface area contributed by atoms with Crippen molar-refractivity contribution in [2.24, 2.45) is 12.5 Å². The van der Waals surface area contributed by atoms with E-state index in [1.54, 1.807) is 10.9 Å². The van der Waals surface area contributed by atoms with Gasteiger partial charge in [-0.25, -0.2) is 4.68 Å². The Hall–Kier alpha value is -2.22. The number of aryl methyl sites for hydroxylation is 1. The summed E-state index contributed by atoms with van der Waals surface area (Å²) in [5, 5.41) is 18.8. The topological polar surface area (TPSA) is 89.7 Å². The molecule has 1 fully saturated rings. The number of hydrogen-bond acceptors (Lipinski definition) is 5. The first-order valence-electron chi connectivity index (χ1n) is 8.79. The van der Waals surface area contributed by atoms with Crippen LogP contribution in [0.15, 0.2) is 12.3 Å². The van der Waals surface area contributed by atoms with Gasteiger partial charge in [0, 0.05) is 13.1 Å². The SMILES string of the molecule is Cn1nc(CC(C)(C)C)cc1NC(=O)c1cn(C2CCNCC2)nn1. The number of amides is 1. The van der Waals surface area contributed by atoms with Gasteiger partial charge >= 0.3 is 0 Å². The molecular weight excluding hydrogens is 318 g/mol. The van der Waals surface area contributed by atoms with E-state index < -0.39 is 0 Å². The van der Waals surface area contributed by atoms with Gasteiger partial charge in [-0.05, 0) is 37.8 Å². The molecule has 136 valence electrons. The van der Waals surface area contributed by atoms with Crippen LogP contribution in [0.4, 0.5) is 5.82 Å². The van der Waals surface area contributed by atoms with Gasteiger partial charge in [0.05, 0.1) is 17.9 Å². The highest BCUT2D eigenvalue weighted by atomic mass is 16.2. The second-order valence-electron chi connectivity index (χ2n) is 7.90. The van der Waals surface area contributed by atoms with E-state index in [0.717, 1.165) is 38.0 Å². The predicted octanol–water partition coefficient (Wildman–Crippen LogP) is 1.78. The molecule has 8 nitrogen and oxygen atoms in total. The smallest absolute Gasteiger partial charge is 0.278 e. The predicted molar refractivity (Wildman–Crippen MR) is 95.5 cm³/mol. The van der Waals surface area contributed by atoms with Gasteiger partial charge in [0.25, 0.3) is 5.91 Å². The van der Waals surface area contributed by atoms with E-state index in [2.05, 4.69) is 46.8 Å². The number of hydrogen-bond donors (Lipinski definition) is 2. The zero-order valence-electron chi connectivity index (χ0n) is 15.4. The minimum Gasteiger partial charge on any atom is -0.317 e. The Morgan fingerprint density at radius 3 is 2.76 bits per heavy atom. The van der Waals surface area contributed by atoms with Crippen LogP contribution >= 0.6 is 0 Å². The van der Waals surface area contributed by atoms with E-state index in [4.69, 9.17) is 0 Å². The van der Waals surface area contributed by atoms with E-state index in [1.807, 2.05) is 17.8 Å². The quantitative estimate of drug-likeness (QED) is 0.881. The molecule has 0 aromatic carbocycles. The Morgan fingerprint density at radius 2 is 2.08 bits per heavy atom. The lowest BCUT2D eigenvalue weighted by atomic mass is 9.91. The summed E-state index contributed by atoms with van der Waals surface area (Å²) in [7, 11) is 1.83. The van der Waals surface area contributed by atoms with Crippen LogP contribution in [0.1, 0.15) is 55.8 Å². The highest BCUT2D eigenvalue weighted by molar-refractivity contribution is 6.02. The monoisotopic (exact) mass is 345 g/mol. The molecule has 1 saturated heterocycles. The van der Waals surface area contributed by atoms with Crippen molar-refractivity contribution < 1.29 is 4.79 Å². The van der Waals surface area contributed by atoms with Crippen molar-refractivity contribution in [2.45, 2.75) is 46.1 Å². The Bertz CT molecular complexity index is 735. The van der Waals surface area contributed by atoms with E-state index in [0.29, 0.717) is 17.6 Å². The van der Waals surface area contributed by atoms with Gasteiger partial charge < -0.3 is 10.6 Å². The highest BCUT2D eigenvalue weighted by Crippen LogP contribution is 2.22. The fraction of sp³-hybridized carbons (Fsp3) is 0.647. The lowest BCUT2D eigenvalue weighted by Crippen LogP contribution is -2.29. The molecule has 3 heterocycles. The first-order chi connectivity index (χ1) is 11.8. The lowest BCUT2D eigenvalue weighted by molar-refractivity contribution is 0.102. The second kappa shape index (κ2) is 6.95. The van der Waals surface area contributed by atoms with Crippen molar-refractivity contribution in [3.63, 3.8) is 0 Å². The summed E-state index contributed by atoms with van der Waals surface area (Å²) in [5.74, 6) is 0.408. The maximum absolute atomic E-state index is 12.5. The van der Waals surface area contributed by atoms with Gasteiger partial charge in [-0.15, -0.1) is 5.10 Å². The van der Waals surface area contributed by atoms with Crippen LogP contribution in [-0.4, -0.2) is 43.8 Å². The number of carbonyl (C=O) groups excluding carboxylic acids is 1. The van der Waals surface area contributed by atoms with Crippen molar-refractivity contribution in [2.75, 3.05) is 18.4 Å². The van der Waals surface area contributed by atoms with Crippen molar-refractivity contribution in [1.29, 1.82) is 0 Å². The van der Waals surface area contributed by atoms with Crippen molar-refractivity contribution >= 4 is 11.7 Å². The molecule has 0 atom stereocenters. The normalized spacial score (nSPS) is 16.2. The van der Waals surface area contributed by atoms with Crippen LogP contribution in [-0.2, 0) is 13.5 Å². The maximum Gasteiger partial charge on any atom is 0.278 e. The molecule has 0 saturated carbocycles.